The van der Waals surface area contributed by atoms with Crippen LogP contribution in [0.15, 0.2) is 0 Å². The molecular formula is CH5PS3. The van der Waals surface area contributed by atoms with Gasteiger partial charge in [0.25, 0.3) is 0 Å². The summed E-state index contributed by atoms with van der Waals surface area (Å²) in [5.41, 5.74) is 1.06. The van der Waals surface area contributed by atoms with Crippen molar-refractivity contribution in [3.63, 3.8) is 0 Å². The van der Waals surface area contributed by atoms with E-state index in [0.29, 0.717) is 0 Å². The van der Waals surface area contributed by atoms with E-state index in [1.165, 1.54) is 9.83 Å². The highest BCUT2D eigenvalue weighted by Gasteiger charge is 1.69. The van der Waals surface area contributed by atoms with Crippen molar-refractivity contribution in [1.82, 2.24) is 0 Å². The SMILES string of the molecule is PCSSS. The topological polar surface area (TPSA) is 0 Å². The molecule has 0 bridgehead atoms. The van der Waals surface area contributed by atoms with Gasteiger partial charge in [-0.1, -0.05) is 22.5 Å². The summed E-state index contributed by atoms with van der Waals surface area (Å²) < 4.78 is 0. The minimum atomic E-state index is 1.06. The molecule has 0 aliphatic rings. The van der Waals surface area contributed by atoms with E-state index in [2.05, 4.69) is 20.9 Å². The molecule has 0 radical (unpaired) electrons. The molecule has 5 heavy (non-hydrogen) atoms. The maximum Gasteiger partial charge on any atom is 0.0191 e. The van der Waals surface area contributed by atoms with Gasteiger partial charge in [0, 0.05) is 5.49 Å². The Morgan fingerprint density at radius 2 is 2.40 bits per heavy atom. The van der Waals surface area contributed by atoms with Crippen LogP contribution in [-0.2, 0) is 0 Å². The van der Waals surface area contributed by atoms with E-state index < -0.39 is 0 Å². The molecule has 0 N–H and O–H groups in total. The fourth-order valence-corrected chi connectivity index (χ4v) is 2.46. The van der Waals surface area contributed by atoms with Gasteiger partial charge in [0.15, 0.2) is 0 Å². The van der Waals surface area contributed by atoms with Crippen molar-refractivity contribution in [2.24, 2.45) is 0 Å². The lowest BCUT2D eigenvalue weighted by Gasteiger charge is -1.78. The zero-order chi connectivity index (χ0) is 4.12. The van der Waals surface area contributed by atoms with Crippen LogP contribution < -0.4 is 0 Å². The van der Waals surface area contributed by atoms with Gasteiger partial charge in [0.1, 0.15) is 0 Å². The molecular weight excluding hydrogens is 139 g/mol. The molecule has 0 rings (SSSR count). The molecule has 0 amide bonds. The summed E-state index contributed by atoms with van der Waals surface area (Å²) >= 11 is 3.87. The van der Waals surface area contributed by atoms with Gasteiger partial charge in [0.2, 0.25) is 0 Å². The second kappa shape index (κ2) is 5.48. The Kier molecular flexibility index (Phi) is 7.10. The fourth-order valence-electron chi connectivity index (χ4n) is 0.0304. The molecule has 1 atom stereocenters. The molecule has 0 saturated carbocycles. The molecule has 32 valence electrons. The highest BCUT2D eigenvalue weighted by Crippen LogP contribution is 2.25. The van der Waals surface area contributed by atoms with Gasteiger partial charge in [-0.15, -0.1) is 9.24 Å². The largest absolute Gasteiger partial charge is 0.126 e. The molecule has 0 spiro atoms. The first-order chi connectivity index (χ1) is 2.41. The smallest absolute Gasteiger partial charge is 0.0191 e. The second-order valence-corrected chi connectivity index (χ2v) is 4.57. The molecule has 0 saturated heterocycles. The number of hydrogen-bond donors (Lipinski definition) is 1. The van der Waals surface area contributed by atoms with Crippen LogP contribution in [0.25, 0.3) is 0 Å². The third kappa shape index (κ3) is 5.48. The predicted octanol–water partition coefficient (Wildman–Crippen LogP) is 2.05. The third-order valence-electron chi connectivity index (χ3n) is 0.121. The van der Waals surface area contributed by atoms with E-state index in [0.717, 1.165) is 5.49 Å². The summed E-state index contributed by atoms with van der Waals surface area (Å²) in [5, 5.41) is 0. The maximum absolute atomic E-state index is 3.87. The summed E-state index contributed by atoms with van der Waals surface area (Å²) in [4.78, 5) is 0. The van der Waals surface area contributed by atoms with Crippen LogP contribution in [0.1, 0.15) is 0 Å². The van der Waals surface area contributed by atoms with Crippen LogP contribution in [0.5, 0.6) is 0 Å². The first-order valence-corrected chi connectivity index (χ1v) is 5.23. The molecule has 0 aromatic heterocycles. The molecule has 0 aromatic carbocycles. The minimum absolute atomic E-state index is 1.06. The van der Waals surface area contributed by atoms with Crippen LogP contribution >= 0.6 is 41.5 Å². The van der Waals surface area contributed by atoms with Crippen molar-refractivity contribution < 1.29 is 0 Å². The monoisotopic (exact) mass is 144 g/mol. The van der Waals surface area contributed by atoms with Gasteiger partial charge >= 0.3 is 0 Å². The van der Waals surface area contributed by atoms with E-state index in [1.807, 2.05) is 0 Å². The highest BCUT2D eigenvalue weighted by molar-refractivity contribution is 9.05. The van der Waals surface area contributed by atoms with Crippen molar-refractivity contribution in [1.29, 1.82) is 0 Å². The summed E-state index contributed by atoms with van der Waals surface area (Å²) in [6, 6.07) is 0. The number of rotatable bonds is 2. The van der Waals surface area contributed by atoms with Crippen LogP contribution in [0.4, 0.5) is 0 Å². The van der Waals surface area contributed by atoms with Gasteiger partial charge in [-0.3, -0.25) is 0 Å². The third-order valence-corrected chi connectivity index (χ3v) is 3.26. The molecule has 0 heterocycles. The quantitative estimate of drug-likeness (QED) is 0.358. The number of thiol groups is 1. The summed E-state index contributed by atoms with van der Waals surface area (Å²) in [6.07, 6.45) is 0. The summed E-state index contributed by atoms with van der Waals surface area (Å²) in [7, 11) is 5.79. The molecule has 0 nitrogen and oxygen atoms in total. The van der Waals surface area contributed by atoms with E-state index in [-0.39, 0.29) is 0 Å². The van der Waals surface area contributed by atoms with E-state index >= 15 is 0 Å². The van der Waals surface area contributed by atoms with E-state index in [4.69, 9.17) is 0 Å². The fraction of sp³-hybridized carbons (Fsp3) is 1.00. The Morgan fingerprint density at radius 1 is 1.80 bits per heavy atom. The first-order valence-electron chi connectivity index (χ1n) is 1.05. The van der Waals surface area contributed by atoms with Crippen molar-refractivity contribution in [3.05, 3.63) is 0 Å². The van der Waals surface area contributed by atoms with Gasteiger partial charge in [-0.25, -0.2) is 0 Å². The standard InChI is InChI=1S/CH5PS3/c2-1-4-5-3/h3H,1-2H2. The van der Waals surface area contributed by atoms with Crippen LogP contribution in [0.3, 0.4) is 0 Å². The van der Waals surface area contributed by atoms with Gasteiger partial charge in [0.05, 0.1) is 0 Å². The number of hydrogen-bond acceptors (Lipinski definition) is 3. The van der Waals surface area contributed by atoms with Crippen molar-refractivity contribution in [2.45, 2.75) is 0 Å². The average molecular weight is 144 g/mol. The average Bonchev–Trinajstić information content (AvgIpc) is 1.41. The Hall–Kier alpha value is 1.48. The zero-order valence-electron chi connectivity index (χ0n) is 2.55. The molecule has 1 unspecified atom stereocenters. The molecule has 0 aliphatic heterocycles. The zero-order valence-corrected chi connectivity index (χ0v) is 6.23. The molecule has 4 heteroatoms. The molecule has 0 fully saturated rings. The predicted molar refractivity (Wildman–Crippen MR) is 38.7 cm³/mol. The van der Waals surface area contributed by atoms with Crippen LogP contribution in [0, 0.1) is 0 Å². The Morgan fingerprint density at radius 3 is 2.40 bits per heavy atom. The molecule has 0 aromatic rings. The van der Waals surface area contributed by atoms with Gasteiger partial charge < -0.3 is 0 Å². The summed E-state index contributed by atoms with van der Waals surface area (Å²) in [5.74, 6) is 0. The minimum Gasteiger partial charge on any atom is -0.126 e. The van der Waals surface area contributed by atoms with Crippen molar-refractivity contribution in [3.8, 4) is 0 Å². The lowest BCUT2D eigenvalue weighted by Crippen LogP contribution is -1.38. The Bertz CT molecular complexity index is 14.4. The van der Waals surface area contributed by atoms with E-state index in [9.17, 15) is 0 Å². The van der Waals surface area contributed by atoms with Crippen LogP contribution in [0.2, 0.25) is 0 Å². The molecule has 0 aliphatic carbocycles. The normalized spacial score (nSPS) is 8.40. The summed E-state index contributed by atoms with van der Waals surface area (Å²) in [6.45, 7) is 0. The van der Waals surface area contributed by atoms with Gasteiger partial charge in [-0.05, 0) is 9.83 Å². The van der Waals surface area contributed by atoms with Gasteiger partial charge in [-0.2, -0.15) is 0 Å². The van der Waals surface area contributed by atoms with Crippen molar-refractivity contribution in [2.75, 3.05) is 5.49 Å². The van der Waals surface area contributed by atoms with E-state index in [1.54, 1.807) is 10.8 Å². The van der Waals surface area contributed by atoms with Crippen molar-refractivity contribution >= 4 is 41.5 Å². The Labute approximate surface area is 47.3 Å². The Balaban J connectivity index is 2.19. The van der Waals surface area contributed by atoms with Crippen LogP contribution in [-0.4, -0.2) is 5.49 Å². The first kappa shape index (κ1) is 6.48. The second-order valence-electron chi connectivity index (χ2n) is 0.359. The lowest BCUT2D eigenvalue weighted by atomic mass is 11.9. The lowest BCUT2D eigenvalue weighted by molar-refractivity contribution is 2.34. The highest BCUT2D eigenvalue weighted by atomic mass is 33.5. The maximum atomic E-state index is 3.87.